The van der Waals surface area contributed by atoms with Crippen LogP contribution in [0.25, 0.3) is 0 Å². The molecule has 0 unspecified atom stereocenters. The Labute approximate surface area is 100 Å². The van der Waals surface area contributed by atoms with E-state index in [0.717, 1.165) is 32.7 Å². The minimum absolute atomic E-state index is 0.467. The lowest BCUT2D eigenvalue weighted by atomic mass is 10.1. The molecule has 1 aromatic rings. The van der Waals surface area contributed by atoms with Crippen molar-refractivity contribution in [1.29, 1.82) is 0 Å². The molecule has 4 heteroatoms. The molecule has 1 saturated carbocycles. The number of ether oxygens (including phenoxy) is 1. The molecule has 3 nitrogen and oxygen atoms in total. The molecule has 1 aromatic heterocycles. The molecule has 2 aliphatic rings. The first-order valence-electron chi connectivity index (χ1n) is 6.08. The number of hydrogen-bond donors (Lipinski definition) is 0. The molecule has 1 aliphatic carbocycles. The van der Waals surface area contributed by atoms with Crippen LogP contribution in [-0.4, -0.2) is 31.3 Å². The van der Waals surface area contributed by atoms with Crippen molar-refractivity contribution in [3.8, 4) is 0 Å². The molecule has 0 amide bonds. The smallest absolute Gasteiger partial charge is 0.185 e. The largest absolute Gasteiger partial charge is 0.379 e. The minimum Gasteiger partial charge on any atom is -0.379 e. The van der Waals surface area contributed by atoms with Gasteiger partial charge in [-0.15, -0.1) is 11.3 Å². The van der Waals surface area contributed by atoms with Crippen molar-refractivity contribution in [3.63, 3.8) is 0 Å². The molecule has 1 spiro atoms. The van der Waals surface area contributed by atoms with E-state index in [2.05, 4.69) is 22.2 Å². The van der Waals surface area contributed by atoms with Gasteiger partial charge in [-0.05, 0) is 19.3 Å². The van der Waals surface area contributed by atoms with Gasteiger partial charge >= 0.3 is 0 Å². The average molecular weight is 238 g/mol. The summed E-state index contributed by atoms with van der Waals surface area (Å²) in [7, 11) is 0. The van der Waals surface area contributed by atoms with E-state index < -0.39 is 0 Å². The van der Waals surface area contributed by atoms with Crippen LogP contribution in [0.5, 0.6) is 0 Å². The quantitative estimate of drug-likeness (QED) is 0.790. The van der Waals surface area contributed by atoms with Crippen LogP contribution in [0.15, 0.2) is 5.38 Å². The topological polar surface area (TPSA) is 25.4 Å². The molecule has 0 bridgehead atoms. The predicted molar refractivity (Wildman–Crippen MR) is 66.2 cm³/mol. The van der Waals surface area contributed by atoms with Crippen molar-refractivity contribution < 1.29 is 4.74 Å². The summed E-state index contributed by atoms with van der Waals surface area (Å²) in [6.45, 7) is 6.10. The van der Waals surface area contributed by atoms with Crippen molar-refractivity contribution in [2.45, 2.75) is 26.2 Å². The van der Waals surface area contributed by atoms with Crippen LogP contribution in [0.1, 0.15) is 25.5 Å². The number of hydrogen-bond acceptors (Lipinski definition) is 4. The number of aryl methyl sites for hydroxylation is 1. The lowest BCUT2D eigenvalue weighted by Gasteiger charge is -2.22. The molecule has 88 valence electrons. The van der Waals surface area contributed by atoms with E-state index in [1.54, 1.807) is 11.3 Å². The highest BCUT2D eigenvalue weighted by Crippen LogP contribution is 2.48. The Balaban J connectivity index is 1.77. The highest BCUT2D eigenvalue weighted by Gasteiger charge is 2.45. The van der Waals surface area contributed by atoms with E-state index in [0.29, 0.717) is 5.41 Å². The third-order valence-corrected chi connectivity index (χ3v) is 4.52. The van der Waals surface area contributed by atoms with Crippen LogP contribution < -0.4 is 4.90 Å². The Morgan fingerprint density at radius 2 is 2.44 bits per heavy atom. The van der Waals surface area contributed by atoms with Gasteiger partial charge in [0.2, 0.25) is 0 Å². The Morgan fingerprint density at radius 1 is 1.56 bits per heavy atom. The summed E-state index contributed by atoms with van der Waals surface area (Å²) in [6.07, 6.45) is 3.69. The normalized spacial score (nSPS) is 23.4. The van der Waals surface area contributed by atoms with E-state index in [1.165, 1.54) is 23.7 Å². The SMILES string of the molecule is CCc1csc(N2CCOCC3(CC3)C2)n1. The first-order valence-corrected chi connectivity index (χ1v) is 6.96. The Kier molecular flexibility index (Phi) is 2.64. The van der Waals surface area contributed by atoms with Crippen molar-refractivity contribution >= 4 is 16.5 Å². The maximum atomic E-state index is 5.69. The second-order valence-corrected chi connectivity index (χ2v) is 5.79. The molecule has 2 heterocycles. The van der Waals surface area contributed by atoms with Gasteiger partial charge in [0.1, 0.15) is 0 Å². The summed E-state index contributed by atoms with van der Waals surface area (Å²) < 4.78 is 5.69. The van der Waals surface area contributed by atoms with Crippen molar-refractivity contribution in [1.82, 2.24) is 4.98 Å². The Bertz CT molecular complexity index is 373. The van der Waals surface area contributed by atoms with Crippen LogP contribution >= 0.6 is 11.3 Å². The predicted octanol–water partition coefficient (Wildman–Crippen LogP) is 2.32. The molecule has 2 fully saturated rings. The molecule has 1 aliphatic heterocycles. The van der Waals surface area contributed by atoms with Gasteiger partial charge in [-0.3, -0.25) is 0 Å². The van der Waals surface area contributed by atoms with Gasteiger partial charge in [0.05, 0.1) is 18.9 Å². The molecule has 0 radical (unpaired) electrons. The Morgan fingerprint density at radius 3 is 3.12 bits per heavy atom. The van der Waals surface area contributed by atoms with E-state index in [1.807, 2.05) is 0 Å². The van der Waals surface area contributed by atoms with Crippen molar-refractivity contribution in [2.75, 3.05) is 31.2 Å². The van der Waals surface area contributed by atoms with Gasteiger partial charge in [-0.2, -0.15) is 0 Å². The minimum atomic E-state index is 0.467. The molecule has 0 atom stereocenters. The number of anilines is 1. The zero-order valence-electron chi connectivity index (χ0n) is 9.74. The van der Waals surface area contributed by atoms with E-state index in [4.69, 9.17) is 4.74 Å². The molecule has 3 rings (SSSR count). The van der Waals surface area contributed by atoms with Crippen LogP contribution in [0.3, 0.4) is 0 Å². The van der Waals surface area contributed by atoms with Crippen LogP contribution in [0, 0.1) is 5.41 Å². The number of thiazole rings is 1. The van der Waals surface area contributed by atoms with Gasteiger partial charge in [-0.1, -0.05) is 6.92 Å². The fraction of sp³-hybridized carbons (Fsp3) is 0.750. The van der Waals surface area contributed by atoms with E-state index in [9.17, 15) is 0 Å². The number of aromatic nitrogens is 1. The third-order valence-electron chi connectivity index (χ3n) is 3.57. The standard InChI is InChI=1S/C12H18N2OS/c1-2-10-7-16-11(13-10)14-5-6-15-9-12(8-14)3-4-12/h7H,2-6,8-9H2,1H3. The highest BCUT2D eigenvalue weighted by molar-refractivity contribution is 7.13. The lowest BCUT2D eigenvalue weighted by Crippen LogP contribution is -2.30. The molecule has 16 heavy (non-hydrogen) atoms. The average Bonchev–Trinajstić information content (AvgIpc) is 2.97. The summed E-state index contributed by atoms with van der Waals surface area (Å²) in [5.41, 5.74) is 1.68. The van der Waals surface area contributed by atoms with Gasteiger partial charge in [0.25, 0.3) is 0 Å². The second-order valence-electron chi connectivity index (χ2n) is 4.95. The van der Waals surface area contributed by atoms with Crippen LogP contribution in [0.4, 0.5) is 5.13 Å². The zero-order valence-corrected chi connectivity index (χ0v) is 10.6. The monoisotopic (exact) mass is 238 g/mol. The van der Waals surface area contributed by atoms with Gasteiger partial charge < -0.3 is 9.64 Å². The second kappa shape index (κ2) is 4.00. The molecular formula is C12H18N2OS. The highest BCUT2D eigenvalue weighted by atomic mass is 32.1. The van der Waals surface area contributed by atoms with E-state index in [-0.39, 0.29) is 0 Å². The van der Waals surface area contributed by atoms with Gasteiger partial charge in [0.15, 0.2) is 5.13 Å². The van der Waals surface area contributed by atoms with Crippen molar-refractivity contribution in [3.05, 3.63) is 11.1 Å². The summed E-state index contributed by atoms with van der Waals surface area (Å²) in [6, 6.07) is 0. The van der Waals surface area contributed by atoms with E-state index >= 15 is 0 Å². The maximum Gasteiger partial charge on any atom is 0.185 e. The zero-order chi connectivity index (χ0) is 11.0. The number of rotatable bonds is 2. The number of nitrogens with zero attached hydrogens (tertiary/aromatic N) is 2. The molecule has 0 N–H and O–H groups in total. The summed E-state index contributed by atoms with van der Waals surface area (Å²) >= 11 is 1.78. The van der Waals surface area contributed by atoms with Crippen molar-refractivity contribution in [2.24, 2.45) is 5.41 Å². The molecule has 1 saturated heterocycles. The lowest BCUT2D eigenvalue weighted by molar-refractivity contribution is 0.116. The third kappa shape index (κ3) is 1.96. The summed E-state index contributed by atoms with van der Waals surface area (Å²) in [4.78, 5) is 7.10. The molecule has 0 aromatic carbocycles. The molecular weight excluding hydrogens is 220 g/mol. The summed E-state index contributed by atoms with van der Waals surface area (Å²) in [5, 5.41) is 3.37. The summed E-state index contributed by atoms with van der Waals surface area (Å²) in [5.74, 6) is 0. The fourth-order valence-corrected chi connectivity index (χ4v) is 3.18. The fourth-order valence-electron chi connectivity index (χ4n) is 2.24. The Hall–Kier alpha value is -0.610. The first-order chi connectivity index (χ1) is 7.81. The van der Waals surface area contributed by atoms with Gasteiger partial charge in [0, 0.05) is 23.9 Å². The first kappa shape index (κ1) is 10.5. The van der Waals surface area contributed by atoms with Crippen LogP contribution in [-0.2, 0) is 11.2 Å². The van der Waals surface area contributed by atoms with Gasteiger partial charge in [-0.25, -0.2) is 4.98 Å². The maximum absolute atomic E-state index is 5.69. The van der Waals surface area contributed by atoms with Crippen LogP contribution in [0.2, 0.25) is 0 Å².